The van der Waals surface area contributed by atoms with Crippen LogP contribution in [0.3, 0.4) is 0 Å². The van der Waals surface area contributed by atoms with Crippen LogP contribution >= 0.6 is 0 Å². The number of Topliss-reactive ketones (excluding diaryl/α,β-unsaturated/α-hetero) is 1. The molecular weight excluding hydrogens is 348 g/mol. The van der Waals surface area contributed by atoms with Crippen molar-refractivity contribution >= 4 is 17.1 Å². The lowest BCUT2D eigenvalue weighted by molar-refractivity contribution is -0.212. The Labute approximate surface area is 165 Å². The van der Waals surface area contributed by atoms with E-state index in [1.807, 2.05) is 105 Å². The highest BCUT2D eigenvalue weighted by Crippen LogP contribution is 2.47. The molecule has 3 nitrogen and oxygen atoms in total. The van der Waals surface area contributed by atoms with Crippen LogP contribution in [0.1, 0.15) is 30.5 Å². The number of hydrogen-bond donors (Lipinski definition) is 0. The largest absolute Gasteiger partial charge is 0.449 e. The van der Waals surface area contributed by atoms with Crippen LogP contribution in [-0.2, 0) is 20.1 Å². The van der Waals surface area contributed by atoms with Crippen LogP contribution in [-0.4, -0.2) is 11.9 Å². The Kier molecular flexibility index (Phi) is 4.84. The zero-order valence-corrected chi connectivity index (χ0v) is 16.0. The van der Waals surface area contributed by atoms with Crippen LogP contribution < -0.4 is 0 Å². The first kappa shape index (κ1) is 18.2. The second-order valence-corrected chi connectivity index (χ2v) is 7.02. The Balaban J connectivity index is 1.93. The van der Waals surface area contributed by atoms with Gasteiger partial charge in [-0.05, 0) is 19.4 Å². The number of hydrogen-bond acceptors (Lipinski definition) is 3. The molecule has 3 aromatic rings. The molecule has 0 aromatic heterocycles. The molecule has 0 amide bonds. The molecule has 3 heteroatoms. The van der Waals surface area contributed by atoms with Crippen molar-refractivity contribution in [2.45, 2.75) is 25.7 Å². The molecule has 0 saturated heterocycles. The third kappa shape index (κ3) is 3.14. The quantitative estimate of drug-likeness (QED) is 0.600. The lowest BCUT2D eigenvalue weighted by atomic mass is 9.92. The molecular formula is C25H22O3. The van der Waals surface area contributed by atoms with Gasteiger partial charge >= 0.3 is 5.79 Å². The topological polar surface area (TPSA) is 35.5 Å². The third-order valence-corrected chi connectivity index (χ3v) is 4.65. The molecule has 28 heavy (non-hydrogen) atoms. The highest BCUT2D eigenvalue weighted by molar-refractivity contribution is 6.32. The Hall–Kier alpha value is -3.17. The van der Waals surface area contributed by atoms with Gasteiger partial charge < -0.3 is 9.47 Å². The summed E-state index contributed by atoms with van der Waals surface area (Å²) in [5.41, 5.74) is 2.89. The first-order chi connectivity index (χ1) is 13.6. The minimum Gasteiger partial charge on any atom is -0.449 e. The molecule has 1 aliphatic heterocycles. The maximum absolute atomic E-state index is 13.8. The van der Waals surface area contributed by atoms with E-state index in [0.29, 0.717) is 16.9 Å². The van der Waals surface area contributed by atoms with Crippen molar-refractivity contribution in [1.29, 1.82) is 0 Å². The minimum absolute atomic E-state index is 0.183. The lowest BCUT2D eigenvalue weighted by Gasteiger charge is -2.30. The van der Waals surface area contributed by atoms with E-state index in [2.05, 4.69) is 0 Å². The molecule has 1 atom stereocenters. The van der Waals surface area contributed by atoms with Crippen LogP contribution in [0.4, 0.5) is 0 Å². The molecule has 0 bridgehead atoms. The second kappa shape index (κ2) is 7.45. The van der Waals surface area contributed by atoms with Gasteiger partial charge in [-0.25, -0.2) is 0 Å². The molecule has 0 radical (unpaired) electrons. The summed E-state index contributed by atoms with van der Waals surface area (Å²) in [6.07, 6.45) is -0.198. The number of benzene rings is 3. The second-order valence-electron chi connectivity index (χ2n) is 7.02. The van der Waals surface area contributed by atoms with E-state index in [4.69, 9.17) is 9.47 Å². The Morgan fingerprint density at radius 2 is 1.25 bits per heavy atom. The molecule has 4 rings (SSSR count). The van der Waals surface area contributed by atoms with Crippen molar-refractivity contribution in [2.75, 3.05) is 0 Å². The summed E-state index contributed by atoms with van der Waals surface area (Å²) in [5.74, 6) is -1.13. The van der Waals surface area contributed by atoms with Gasteiger partial charge in [-0.2, -0.15) is 0 Å². The summed E-state index contributed by atoms with van der Waals surface area (Å²) >= 11 is 0. The molecule has 140 valence electrons. The van der Waals surface area contributed by atoms with Gasteiger partial charge in [0.25, 0.3) is 0 Å². The highest BCUT2D eigenvalue weighted by Gasteiger charge is 2.53. The number of rotatable bonds is 5. The van der Waals surface area contributed by atoms with Gasteiger partial charge in [-0.15, -0.1) is 0 Å². The van der Waals surface area contributed by atoms with E-state index in [9.17, 15) is 4.79 Å². The number of carbonyl (C=O) groups excluding carboxylic acids is 1. The van der Waals surface area contributed by atoms with Crippen molar-refractivity contribution < 1.29 is 14.3 Å². The fourth-order valence-electron chi connectivity index (χ4n) is 3.49. The molecule has 1 heterocycles. The van der Waals surface area contributed by atoms with E-state index in [1.54, 1.807) is 0 Å². The SMILES string of the molecule is CC(C)OC1(c2ccccc2)OC(c2ccccc2)=C(c2ccccc2)C1=O. The van der Waals surface area contributed by atoms with E-state index in [0.717, 1.165) is 11.1 Å². The van der Waals surface area contributed by atoms with E-state index < -0.39 is 5.79 Å². The van der Waals surface area contributed by atoms with E-state index in [-0.39, 0.29) is 11.9 Å². The fourth-order valence-corrected chi connectivity index (χ4v) is 3.49. The predicted molar refractivity (Wildman–Crippen MR) is 110 cm³/mol. The summed E-state index contributed by atoms with van der Waals surface area (Å²) in [6, 6.07) is 28.8. The average Bonchev–Trinajstić information content (AvgIpc) is 3.03. The molecule has 0 fully saturated rings. The van der Waals surface area contributed by atoms with Crippen LogP contribution in [0.5, 0.6) is 0 Å². The molecule has 3 aromatic carbocycles. The summed E-state index contributed by atoms with van der Waals surface area (Å²) in [4.78, 5) is 13.8. The van der Waals surface area contributed by atoms with Crippen molar-refractivity contribution in [3.05, 3.63) is 108 Å². The van der Waals surface area contributed by atoms with Crippen molar-refractivity contribution in [1.82, 2.24) is 0 Å². The molecule has 0 spiro atoms. The van der Waals surface area contributed by atoms with Gasteiger partial charge in [0.2, 0.25) is 5.78 Å². The summed E-state index contributed by atoms with van der Waals surface area (Å²) < 4.78 is 12.6. The van der Waals surface area contributed by atoms with Gasteiger partial charge in [-0.1, -0.05) is 91.0 Å². The van der Waals surface area contributed by atoms with Crippen LogP contribution in [0.25, 0.3) is 11.3 Å². The zero-order valence-electron chi connectivity index (χ0n) is 16.0. The Morgan fingerprint density at radius 3 is 1.79 bits per heavy atom. The normalized spacial score (nSPS) is 19.2. The summed E-state index contributed by atoms with van der Waals surface area (Å²) in [5, 5.41) is 0. The van der Waals surface area contributed by atoms with Crippen molar-refractivity contribution in [2.24, 2.45) is 0 Å². The maximum Gasteiger partial charge on any atom is 0.302 e. The lowest BCUT2D eigenvalue weighted by Crippen LogP contribution is -2.39. The number of ketones is 1. The number of ether oxygens (including phenoxy) is 2. The van der Waals surface area contributed by atoms with Crippen LogP contribution in [0.2, 0.25) is 0 Å². The summed E-state index contributed by atoms with van der Waals surface area (Å²) in [7, 11) is 0. The minimum atomic E-state index is -1.49. The average molecular weight is 370 g/mol. The predicted octanol–water partition coefficient (Wildman–Crippen LogP) is 5.43. The fraction of sp³-hybridized carbons (Fsp3) is 0.160. The molecule has 0 aliphatic carbocycles. The summed E-state index contributed by atoms with van der Waals surface area (Å²) in [6.45, 7) is 3.81. The van der Waals surface area contributed by atoms with Gasteiger partial charge in [0.1, 0.15) is 5.76 Å². The first-order valence-electron chi connectivity index (χ1n) is 9.44. The first-order valence-corrected chi connectivity index (χ1v) is 9.44. The Morgan fingerprint density at radius 1 is 0.750 bits per heavy atom. The van der Waals surface area contributed by atoms with E-state index >= 15 is 0 Å². The molecule has 0 N–H and O–H groups in total. The van der Waals surface area contributed by atoms with E-state index in [1.165, 1.54) is 0 Å². The molecule has 1 unspecified atom stereocenters. The Bertz CT molecular complexity index is 992. The monoisotopic (exact) mass is 370 g/mol. The van der Waals surface area contributed by atoms with Gasteiger partial charge in [0.05, 0.1) is 11.7 Å². The van der Waals surface area contributed by atoms with Crippen molar-refractivity contribution in [3.8, 4) is 0 Å². The zero-order chi connectivity index (χ0) is 19.6. The standard InChI is InChI=1S/C25H22O3/c1-18(2)27-25(21-16-10-5-11-17-21)24(26)22(19-12-6-3-7-13-19)23(28-25)20-14-8-4-9-15-20/h3-18H,1-2H3. The highest BCUT2D eigenvalue weighted by atomic mass is 16.7. The van der Waals surface area contributed by atoms with Crippen molar-refractivity contribution in [3.63, 3.8) is 0 Å². The molecule has 1 aliphatic rings. The maximum atomic E-state index is 13.8. The van der Waals surface area contributed by atoms with Gasteiger partial charge in [0, 0.05) is 11.1 Å². The van der Waals surface area contributed by atoms with Crippen LogP contribution in [0.15, 0.2) is 91.0 Å². The third-order valence-electron chi connectivity index (χ3n) is 4.65. The smallest absolute Gasteiger partial charge is 0.302 e. The van der Waals surface area contributed by atoms with Gasteiger partial charge in [-0.3, -0.25) is 4.79 Å². The van der Waals surface area contributed by atoms with Crippen LogP contribution in [0, 0.1) is 0 Å². The number of carbonyl (C=O) groups is 1. The van der Waals surface area contributed by atoms with Gasteiger partial charge in [0.15, 0.2) is 0 Å². The molecule has 0 saturated carbocycles.